The molecule has 0 unspecified atom stereocenters. The number of likely N-dealkylation sites (N-methyl/N-ethyl adjacent to an activating group) is 1. The first-order chi connectivity index (χ1) is 12.0. The van der Waals surface area contributed by atoms with Crippen molar-refractivity contribution < 1.29 is 9.53 Å². The van der Waals surface area contributed by atoms with Gasteiger partial charge in [-0.15, -0.1) is 0 Å². The largest absolute Gasteiger partial charge is 0.492 e. The van der Waals surface area contributed by atoms with E-state index in [0.717, 1.165) is 18.0 Å². The molecule has 1 heterocycles. The van der Waals surface area contributed by atoms with Crippen LogP contribution in [0.15, 0.2) is 30.3 Å². The van der Waals surface area contributed by atoms with Gasteiger partial charge >= 0.3 is 0 Å². The van der Waals surface area contributed by atoms with Crippen LogP contribution in [-0.4, -0.2) is 54.6 Å². The molecule has 0 aliphatic heterocycles. The molecule has 1 amide bonds. The predicted molar refractivity (Wildman–Crippen MR) is 98.5 cm³/mol. The summed E-state index contributed by atoms with van der Waals surface area (Å²) >= 11 is 0. The third-order valence-electron chi connectivity index (χ3n) is 3.36. The number of rotatable bonds is 8. The van der Waals surface area contributed by atoms with Gasteiger partial charge in [-0.1, -0.05) is 12.1 Å². The third-order valence-corrected chi connectivity index (χ3v) is 3.36. The third kappa shape index (κ3) is 5.72. The number of aromatic nitrogens is 2. The Kier molecular flexibility index (Phi) is 6.71. The van der Waals surface area contributed by atoms with Crippen LogP contribution in [0.4, 0.5) is 11.5 Å². The summed E-state index contributed by atoms with van der Waals surface area (Å²) in [6.45, 7) is 5.59. The van der Waals surface area contributed by atoms with E-state index in [2.05, 4.69) is 20.6 Å². The Hall–Kier alpha value is -2.67. The SMILES string of the molecule is CCOc1ccccc1Nc1cc(C(=O)NCCN(C)C)nc(C)n1. The highest BCUT2D eigenvalue weighted by Gasteiger charge is 2.11. The lowest BCUT2D eigenvalue weighted by atomic mass is 10.3. The number of aryl methyl sites for hydroxylation is 1. The minimum atomic E-state index is -0.214. The Morgan fingerprint density at radius 3 is 2.72 bits per heavy atom. The first-order valence-corrected chi connectivity index (χ1v) is 8.27. The monoisotopic (exact) mass is 343 g/mol. The number of para-hydroxylation sites is 2. The molecule has 0 radical (unpaired) electrons. The molecule has 0 saturated heterocycles. The van der Waals surface area contributed by atoms with Crippen molar-refractivity contribution in [3.63, 3.8) is 0 Å². The van der Waals surface area contributed by atoms with Crippen LogP contribution in [-0.2, 0) is 0 Å². The molecule has 0 fully saturated rings. The quantitative estimate of drug-likeness (QED) is 0.765. The van der Waals surface area contributed by atoms with Crippen molar-refractivity contribution in [2.75, 3.05) is 39.1 Å². The molecule has 0 atom stereocenters. The van der Waals surface area contributed by atoms with E-state index in [1.54, 1.807) is 13.0 Å². The van der Waals surface area contributed by atoms with Crippen LogP contribution in [0.2, 0.25) is 0 Å². The van der Waals surface area contributed by atoms with E-state index in [9.17, 15) is 4.79 Å². The van der Waals surface area contributed by atoms with Gasteiger partial charge in [0.25, 0.3) is 5.91 Å². The molecule has 2 rings (SSSR count). The zero-order chi connectivity index (χ0) is 18.2. The van der Waals surface area contributed by atoms with Gasteiger partial charge < -0.3 is 20.3 Å². The first-order valence-electron chi connectivity index (χ1n) is 8.27. The van der Waals surface area contributed by atoms with E-state index in [1.165, 1.54) is 0 Å². The minimum Gasteiger partial charge on any atom is -0.492 e. The predicted octanol–water partition coefficient (Wildman–Crippen LogP) is 2.22. The van der Waals surface area contributed by atoms with E-state index in [0.29, 0.717) is 30.5 Å². The van der Waals surface area contributed by atoms with Crippen molar-refractivity contribution in [1.29, 1.82) is 0 Å². The topological polar surface area (TPSA) is 79.4 Å². The molecule has 1 aromatic carbocycles. The van der Waals surface area contributed by atoms with E-state index in [-0.39, 0.29) is 5.91 Å². The summed E-state index contributed by atoms with van der Waals surface area (Å²) in [5.74, 6) is 1.60. The van der Waals surface area contributed by atoms with E-state index in [4.69, 9.17) is 4.74 Å². The smallest absolute Gasteiger partial charge is 0.270 e. The standard InChI is InChI=1S/C18H25N5O2/c1-5-25-16-9-7-6-8-14(16)22-17-12-15(20-13(2)21-17)18(24)19-10-11-23(3)4/h6-9,12H,5,10-11H2,1-4H3,(H,19,24)(H,20,21,22). The summed E-state index contributed by atoms with van der Waals surface area (Å²) in [6.07, 6.45) is 0. The molecule has 2 aromatic rings. The maximum absolute atomic E-state index is 12.3. The zero-order valence-corrected chi connectivity index (χ0v) is 15.2. The number of carbonyl (C=O) groups is 1. The summed E-state index contributed by atoms with van der Waals surface area (Å²) in [4.78, 5) is 22.9. The summed E-state index contributed by atoms with van der Waals surface area (Å²) in [6, 6.07) is 9.24. The Morgan fingerprint density at radius 2 is 2.00 bits per heavy atom. The molecule has 25 heavy (non-hydrogen) atoms. The van der Waals surface area contributed by atoms with Crippen LogP contribution in [0.5, 0.6) is 5.75 Å². The fraction of sp³-hybridized carbons (Fsp3) is 0.389. The molecule has 7 heteroatoms. The Morgan fingerprint density at radius 1 is 1.24 bits per heavy atom. The molecule has 1 aromatic heterocycles. The maximum atomic E-state index is 12.3. The van der Waals surface area contributed by atoms with Crippen molar-refractivity contribution in [2.45, 2.75) is 13.8 Å². The second kappa shape index (κ2) is 8.98. The van der Waals surface area contributed by atoms with Gasteiger partial charge in [-0.2, -0.15) is 0 Å². The van der Waals surface area contributed by atoms with Crippen LogP contribution >= 0.6 is 0 Å². The van der Waals surface area contributed by atoms with Crippen molar-refractivity contribution >= 4 is 17.4 Å². The van der Waals surface area contributed by atoms with Crippen molar-refractivity contribution in [3.8, 4) is 5.75 Å². The van der Waals surface area contributed by atoms with Gasteiger partial charge in [0.15, 0.2) is 0 Å². The Labute approximate surface area is 148 Å². The van der Waals surface area contributed by atoms with Gasteiger partial charge in [-0.3, -0.25) is 4.79 Å². The van der Waals surface area contributed by atoms with Crippen LogP contribution in [0.3, 0.4) is 0 Å². The van der Waals surface area contributed by atoms with Crippen molar-refractivity contribution in [1.82, 2.24) is 20.2 Å². The molecule has 0 aliphatic carbocycles. The lowest BCUT2D eigenvalue weighted by Crippen LogP contribution is -2.32. The number of hydrogen-bond acceptors (Lipinski definition) is 6. The van der Waals surface area contributed by atoms with Crippen molar-refractivity contribution in [2.24, 2.45) is 0 Å². The first kappa shape index (κ1) is 18.7. The highest BCUT2D eigenvalue weighted by molar-refractivity contribution is 5.93. The van der Waals surface area contributed by atoms with Crippen LogP contribution in [0, 0.1) is 6.92 Å². The molecular weight excluding hydrogens is 318 g/mol. The van der Waals surface area contributed by atoms with Crippen LogP contribution in [0.1, 0.15) is 23.2 Å². The highest BCUT2D eigenvalue weighted by Crippen LogP contribution is 2.26. The normalized spacial score (nSPS) is 10.6. The van der Waals surface area contributed by atoms with Gasteiger partial charge in [0.1, 0.15) is 23.1 Å². The second-order valence-electron chi connectivity index (χ2n) is 5.80. The lowest BCUT2D eigenvalue weighted by molar-refractivity contribution is 0.0945. The molecule has 0 bridgehead atoms. The summed E-state index contributed by atoms with van der Waals surface area (Å²) in [5.41, 5.74) is 1.13. The molecule has 7 nitrogen and oxygen atoms in total. The Bertz CT molecular complexity index is 718. The molecule has 2 N–H and O–H groups in total. The number of nitrogens with one attached hydrogen (secondary N) is 2. The molecule has 0 spiro atoms. The van der Waals surface area contributed by atoms with E-state index in [1.807, 2.05) is 50.2 Å². The maximum Gasteiger partial charge on any atom is 0.270 e. The fourth-order valence-electron chi connectivity index (χ4n) is 2.22. The molecule has 0 saturated carbocycles. The number of carbonyl (C=O) groups excluding carboxylic acids is 1. The minimum absolute atomic E-state index is 0.214. The van der Waals surface area contributed by atoms with E-state index >= 15 is 0 Å². The average Bonchev–Trinajstić information content (AvgIpc) is 2.56. The molecular formula is C18H25N5O2. The van der Waals surface area contributed by atoms with Gasteiger partial charge in [0.2, 0.25) is 0 Å². The number of benzene rings is 1. The van der Waals surface area contributed by atoms with Gasteiger partial charge in [0.05, 0.1) is 12.3 Å². The second-order valence-corrected chi connectivity index (χ2v) is 5.80. The lowest BCUT2D eigenvalue weighted by Gasteiger charge is -2.13. The van der Waals surface area contributed by atoms with Crippen molar-refractivity contribution in [3.05, 3.63) is 41.9 Å². The summed E-state index contributed by atoms with van der Waals surface area (Å²) in [5, 5.41) is 6.06. The van der Waals surface area contributed by atoms with Gasteiger partial charge in [-0.25, -0.2) is 9.97 Å². The van der Waals surface area contributed by atoms with Crippen LogP contribution in [0.25, 0.3) is 0 Å². The zero-order valence-electron chi connectivity index (χ0n) is 15.2. The number of ether oxygens (including phenoxy) is 1. The summed E-state index contributed by atoms with van der Waals surface area (Å²) < 4.78 is 5.60. The van der Waals surface area contributed by atoms with Crippen LogP contribution < -0.4 is 15.4 Å². The van der Waals surface area contributed by atoms with Gasteiger partial charge in [-0.05, 0) is 40.1 Å². The average molecular weight is 343 g/mol. The fourth-order valence-corrected chi connectivity index (χ4v) is 2.22. The molecule has 0 aliphatic rings. The highest BCUT2D eigenvalue weighted by atomic mass is 16.5. The Balaban J connectivity index is 2.15. The number of amides is 1. The number of anilines is 2. The van der Waals surface area contributed by atoms with E-state index < -0.39 is 0 Å². The molecule has 134 valence electrons. The number of nitrogens with zero attached hydrogens (tertiary/aromatic N) is 3. The summed E-state index contributed by atoms with van der Waals surface area (Å²) in [7, 11) is 3.91. The number of hydrogen-bond donors (Lipinski definition) is 2. The van der Waals surface area contributed by atoms with Gasteiger partial charge in [0, 0.05) is 19.2 Å².